The first-order chi connectivity index (χ1) is 7.34. The smallest absolute Gasteiger partial charge is 0.371 e. The highest BCUT2D eigenvalue weighted by atomic mass is 19.1. The fourth-order valence-corrected chi connectivity index (χ4v) is 1.48. The van der Waals surface area contributed by atoms with Crippen LogP contribution in [0.2, 0.25) is 0 Å². The quantitative estimate of drug-likeness (QED) is 0.436. The van der Waals surface area contributed by atoms with Crippen LogP contribution in [0.15, 0.2) is 18.5 Å². The van der Waals surface area contributed by atoms with Gasteiger partial charge >= 0.3 is 5.97 Å². The van der Waals surface area contributed by atoms with Crippen LogP contribution in [0.1, 0.15) is 22.3 Å². The van der Waals surface area contributed by atoms with Gasteiger partial charge in [0.25, 0.3) is 0 Å². The monoisotopic (exact) mass is 222 g/mol. The molecule has 0 fully saturated rings. The maximum absolute atomic E-state index is 12.6. The Morgan fingerprint density at radius 1 is 1.19 bits per heavy atom. The largest absolute Gasteiger partial charge is 0.421 e. The lowest BCUT2D eigenvalue weighted by Crippen LogP contribution is -2.10. The molecule has 0 spiro atoms. The van der Waals surface area contributed by atoms with Crippen molar-refractivity contribution in [3.8, 4) is 5.75 Å². The molecular formula is C13H15FO2. The van der Waals surface area contributed by atoms with E-state index in [1.807, 2.05) is 33.8 Å². The Morgan fingerprint density at radius 3 is 2.00 bits per heavy atom. The highest BCUT2D eigenvalue weighted by Crippen LogP contribution is 2.29. The normalized spacial score (nSPS) is 10.1. The van der Waals surface area contributed by atoms with Gasteiger partial charge < -0.3 is 4.74 Å². The molecule has 1 aromatic rings. The standard InChI is InChI=1S/C13H15FO2/c1-7-6-8(2)10(4)12(9(7)3)16-13(15)11(5)14/h6H,5H2,1-4H3. The molecule has 0 saturated heterocycles. The van der Waals surface area contributed by atoms with Crippen molar-refractivity contribution in [2.24, 2.45) is 0 Å². The van der Waals surface area contributed by atoms with Crippen LogP contribution in [-0.2, 0) is 4.79 Å². The minimum atomic E-state index is -1.09. The molecule has 0 amide bonds. The summed E-state index contributed by atoms with van der Waals surface area (Å²) in [6, 6.07) is 2.01. The molecule has 0 aliphatic heterocycles. The Hall–Kier alpha value is -1.64. The van der Waals surface area contributed by atoms with Gasteiger partial charge in [0.2, 0.25) is 5.83 Å². The van der Waals surface area contributed by atoms with E-state index < -0.39 is 11.8 Å². The predicted octanol–water partition coefficient (Wildman–Crippen LogP) is 3.31. The average molecular weight is 222 g/mol. The van der Waals surface area contributed by atoms with Crippen molar-refractivity contribution in [3.05, 3.63) is 40.7 Å². The number of esters is 1. The van der Waals surface area contributed by atoms with Crippen LogP contribution in [0.25, 0.3) is 0 Å². The molecule has 0 saturated carbocycles. The van der Waals surface area contributed by atoms with E-state index in [9.17, 15) is 9.18 Å². The Morgan fingerprint density at radius 2 is 1.62 bits per heavy atom. The lowest BCUT2D eigenvalue weighted by molar-refractivity contribution is -0.131. The zero-order valence-corrected chi connectivity index (χ0v) is 9.98. The molecule has 16 heavy (non-hydrogen) atoms. The Balaban J connectivity index is 3.22. The van der Waals surface area contributed by atoms with Crippen molar-refractivity contribution in [3.63, 3.8) is 0 Å². The van der Waals surface area contributed by atoms with Gasteiger partial charge in [-0.25, -0.2) is 4.79 Å². The second-order valence-corrected chi connectivity index (χ2v) is 3.88. The number of hydrogen-bond donors (Lipinski definition) is 0. The second kappa shape index (κ2) is 4.47. The van der Waals surface area contributed by atoms with Crippen LogP contribution >= 0.6 is 0 Å². The number of benzene rings is 1. The molecule has 0 aromatic heterocycles. The summed E-state index contributed by atoms with van der Waals surface area (Å²) in [5, 5.41) is 0. The van der Waals surface area contributed by atoms with Gasteiger partial charge in [0.05, 0.1) is 0 Å². The summed E-state index contributed by atoms with van der Waals surface area (Å²) in [7, 11) is 0. The molecular weight excluding hydrogens is 207 g/mol. The van der Waals surface area contributed by atoms with E-state index in [4.69, 9.17) is 4.74 Å². The van der Waals surface area contributed by atoms with Crippen molar-refractivity contribution in [1.82, 2.24) is 0 Å². The summed E-state index contributed by atoms with van der Waals surface area (Å²) < 4.78 is 17.6. The molecule has 3 heteroatoms. The zero-order valence-electron chi connectivity index (χ0n) is 9.98. The minimum absolute atomic E-state index is 0.432. The first-order valence-corrected chi connectivity index (χ1v) is 4.98. The Bertz CT molecular complexity index is 435. The van der Waals surface area contributed by atoms with Crippen LogP contribution in [-0.4, -0.2) is 5.97 Å². The number of hydrogen-bond acceptors (Lipinski definition) is 2. The summed E-state index contributed by atoms with van der Waals surface area (Å²) in [5.74, 6) is -1.68. The van der Waals surface area contributed by atoms with Gasteiger partial charge in [-0.2, -0.15) is 4.39 Å². The van der Waals surface area contributed by atoms with E-state index in [2.05, 4.69) is 6.58 Å². The third-order valence-corrected chi connectivity index (χ3v) is 2.71. The maximum atomic E-state index is 12.6. The molecule has 0 radical (unpaired) electrons. The molecule has 0 unspecified atom stereocenters. The van der Waals surface area contributed by atoms with E-state index in [0.29, 0.717) is 5.75 Å². The van der Waals surface area contributed by atoms with Crippen LogP contribution in [0.4, 0.5) is 4.39 Å². The SMILES string of the molecule is C=C(F)C(=O)Oc1c(C)c(C)cc(C)c1C. The zero-order chi connectivity index (χ0) is 12.5. The molecule has 1 rings (SSSR count). The van der Waals surface area contributed by atoms with Gasteiger partial charge in [-0.1, -0.05) is 12.6 Å². The van der Waals surface area contributed by atoms with Gasteiger partial charge in [0.1, 0.15) is 5.75 Å². The maximum Gasteiger partial charge on any atom is 0.371 e. The van der Waals surface area contributed by atoms with Crippen molar-refractivity contribution in [1.29, 1.82) is 0 Å². The van der Waals surface area contributed by atoms with Crippen molar-refractivity contribution in [2.45, 2.75) is 27.7 Å². The number of ether oxygens (including phenoxy) is 1. The Labute approximate surface area is 94.7 Å². The van der Waals surface area contributed by atoms with Crippen LogP contribution in [0.3, 0.4) is 0 Å². The first kappa shape index (κ1) is 12.4. The number of aryl methyl sites for hydroxylation is 2. The molecule has 0 aliphatic carbocycles. The summed E-state index contributed by atoms with van der Waals surface area (Å²) in [6.07, 6.45) is 0. The summed E-state index contributed by atoms with van der Waals surface area (Å²) >= 11 is 0. The third kappa shape index (κ3) is 2.30. The molecule has 0 N–H and O–H groups in total. The number of carbonyl (C=O) groups is 1. The molecule has 2 nitrogen and oxygen atoms in total. The number of halogens is 1. The molecule has 0 atom stereocenters. The van der Waals surface area contributed by atoms with E-state index in [1.165, 1.54) is 0 Å². The van der Waals surface area contributed by atoms with Crippen molar-refractivity contribution >= 4 is 5.97 Å². The lowest BCUT2D eigenvalue weighted by Gasteiger charge is -2.14. The van der Waals surface area contributed by atoms with Crippen LogP contribution in [0, 0.1) is 27.7 Å². The van der Waals surface area contributed by atoms with Gasteiger partial charge in [-0.3, -0.25) is 0 Å². The van der Waals surface area contributed by atoms with Gasteiger partial charge in [0.15, 0.2) is 0 Å². The highest BCUT2D eigenvalue weighted by Gasteiger charge is 2.15. The average Bonchev–Trinajstić information content (AvgIpc) is 2.21. The van der Waals surface area contributed by atoms with Gasteiger partial charge in [0, 0.05) is 0 Å². The van der Waals surface area contributed by atoms with Crippen LogP contribution in [0.5, 0.6) is 5.75 Å². The third-order valence-electron chi connectivity index (χ3n) is 2.71. The predicted molar refractivity (Wildman–Crippen MR) is 61.3 cm³/mol. The topological polar surface area (TPSA) is 26.3 Å². The fraction of sp³-hybridized carbons (Fsp3) is 0.308. The lowest BCUT2D eigenvalue weighted by atomic mass is 10.0. The van der Waals surface area contributed by atoms with E-state index >= 15 is 0 Å². The van der Waals surface area contributed by atoms with E-state index in [0.717, 1.165) is 22.3 Å². The number of rotatable bonds is 2. The summed E-state index contributed by atoms with van der Waals surface area (Å²) in [4.78, 5) is 11.1. The molecule has 86 valence electrons. The van der Waals surface area contributed by atoms with Crippen molar-refractivity contribution < 1.29 is 13.9 Å². The first-order valence-electron chi connectivity index (χ1n) is 4.98. The van der Waals surface area contributed by atoms with E-state index in [1.54, 1.807) is 0 Å². The summed E-state index contributed by atoms with van der Waals surface area (Å²) in [5.41, 5.74) is 3.71. The molecule has 0 bridgehead atoms. The molecule has 0 heterocycles. The second-order valence-electron chi connectivity index (χ2n) is 3.88. The minimum Gasteiger partial charge on any atom is -0.421 e. The van der Waals surface area contributed by atoms with Gasteiger partial charge in [-0.15, -0.1) is 0 Å². The summed E-state index contributed by atoms with van der Waals surface area (Å²) in [6.45, 7) is 10.4. The van der Waals surface area contributed by atoms with E-state index in [-0.39, 0.29) is 0 Å². The Kier molecular flexibility index (Phi) is 3.48. The molecule has 0 aliphatic rings. The van der Waals surface area contributed by atoms with Gasteiger partial charge in [-0.05, 0) is 49.9 Å². The fourth-order valence-electron chi connectivity index (χ4n) is 1.48. The molecule has 1 aromatic carbocycles. The van der Waals surface area contributed by atoms with Crippen molar-refractivity contribution in [2.75, 3.05) is 0 Å². The number of carbonyl (C=O) groups excluding carboxylic acids is 1. The highest BCUT2D eigenvalue weighted by molar-refractivity contribution is 5.87. The van der Waals surface area contributed by atoms with Crippen LogP contribution < -0.4 is 4.74 Å².